The summed E-state index contributed by atoms with van der Waals surface area (Å²) in [6.07, 6.45) is 4.89. The van der Waals surface area contributed by atoms with Gasteiger partial charge in [0, 0.05) is 5.69 Å². The van der Waals surface area contributed by atoms with Crippen LogP contribution in [0, 0.1) is 0 Å². The molecular formula is C14H16N4O. The Hall–Kier alpha value is -2.30. The maximum absolute atomic E-state index is 12.0. The molecule has 3 rings (SSSR count). The number of aromatic nitrogens is 2. The van der Waals surface area contributed by atoms with Crippen molar-refractivity contribution >= 4 is 11.7 Å². The maximum Gasteiger partial charge on any atom is 0.319 e. The summed E-state index contributed by atoms with van der Waals surface area (Å²) < 4.78 is 0. The SMILES string of the molecule is O=C(Nc1ccccc1)N[C@H]1CCCc2cn[nH]c21. The molecule has 0 unspecified atom stereocenters. The number of fused-ring (bicyclic) bond motifs is 1. The van der Waals surface area contributed by atoms with Crippen LogP contribution in [0.15, 0.2) is 36.5 Å². The van der Waals surface area contributed by atoms with Crippen molar-refractivity contribution in [3.63, 3.8) is 0 Å². The van der Waals surface area contributed by atoms with E-state index >= 15 is 0 Å². The van der Waals surface area contributed by atoms with Crippen LogP contribution in [0.2, 0.25) is 0 Å². The zero-order chi connectivity index (χ0) is 13.1. The summed E-state index contributed by atoms with van der Waals surface area (Å²) >= 11 is 0. The molecule has 5 heteroatoms. The van der Waals surface area contributed by atoms with E-state index in [-0.39, 0.29) is 12.1 Å². The fourth-order valence-electron chi connectivity index (χ4n) is 2.45. The fourth-order valence-corrected chi connectivity index (χ4v) is 2.45. The molecule has 0 aliphatic heterocycles. The highest BCUT2D eigenvalue weighted by Crippen LogP contribution is 2.27. The monoisotopic (exact) mass is 256 g/mol. The summed E-state index contributed by atoms with van der Waals surface area (Å²) in [7, 11) is 0. The third-order valence-electron chi connectivity index (χ3n) is 3.38. The van der Waals surface area contributed by atoms with Gasteiger partial charge in [0.2, 0.25) is 0 Å². The molecule has 1 aliphatic rings. The molecule has 0 bridgehead atoms. The van der Waals surface area contributed by atoms with Gasteiger partial charge < -0.3 is 10.6 Å². The lowest BCUT2D eigenvalue weighted by molar-refractivity contribution is 0.247. The Bertz CT molecular complexity index is 564. The number of aromatic amines is 1. The van der Waals surface area contributed by atoms with E-state index in [0.717, 1.165) is 30.6 Å². The number of anilines is 1. The van der Waals surface area contributed by atoms with Crippen molar-refractivity contribution < 1.29 is 4.79 Å². The first-order valence-corrected chi connectivity index (χ1v) is 6.47. The standard InChI is InChI=1S/C14H16N4O/c19-14(16-11-6-2-1-3-7-11)17-12-8-4-5-10-9-15-18-13(10)12/h1-3,6-7,9,12H,4-5,8H2,(H,15,18)(H2,16,17,19)/t12-/m0/s1. The van der Waals surface area contributed by atoms with Gasteiger partial charge in [0.05, 0.1) is 17.9 Å². The Morgan fingerprint density at radius 1 is 1.32 bits per heavy atom. The minimum atomic E-state index is -0.182. The number of carbonyl (C=O) groups excluding carboxylic acids is 1. The van der Waals surface area contributed by atoms with E-state index in [9.17, 15) is 4.79 Å². The summed E-state index contributed by atoms with van der Waals surface area (Å²) in [5.74, 6) is 0. The van der Waals surface area contributed by atoms with E-state index in [2.05, 4.69) is 20.8 Å². The number of amides is 2. The first-order chi connectivity index (χ1) is 9.33. The molecular weight excluding hydrogens is 240 g/mol. The van der Waals surface area contributed by atoms with Crippen LogP contribution in [0.4, 0.5) is 10.5 Å². The minimum absolute atomic E-state index is 0.0231. The third kappa shape index (κ3) is 2.59. The number of nitrogens with one attached hydrogen (secondary N) is 3. The van der Waals surface area contributed by atoms with Gasteiger partial charge in [0.1, 0.15) is 0 Å². The summed E-state index contributed by atoms with van der Waals surface area (Å²) in [6.45, 7) is 0. The van der Waals surface area contributed by atoms with Crippen molar-refractivity contribution in [2.24, 2.45) is 0 Å². The molecule has 19 heavy (non-hydrogen) atoms. The van der Waals surface area contributed by atoms with E-state index in [1.807, 2.05) is 36.5 Å². The van der Waals surface area contributed by atoms with Crippen LogP contribution in [-0.2, 0) is 6.42 Å². The molecule has 0 fully saturated rings. The molecule has 2 amide bonds. The van der Waals surface area contributed by atoms with Gasteiger partial charge >= 0.3 is 6.03 Å². The summed E-state index contributed by atoms with van der Waals surface area (Å²) in [4.78, 5) is 12.0. The molecule has 1 aromatic carbocycles. The van der Waals surface area contributed by atoms with Gasteiger partial charge in [-0.2, -0.15) is 5.10 Å². The minimum Gasteiger partial charge on any atom is -0.330 e. The molecule has 3 N–H and O–H groups in total. The van der Waals surface area contributed by atoms with Gasteiger partial charge in [-0.1, -0.05) is 18.2 Å². The molecule has 0 spiro atoms. The number of aryl methyl sites for hydroxylation is 1. The van der Waals surface area contributed by atoms with Gasteiger partial charge in [-0.05, 0) is 37.0 Å². The second-order valence-corrected chi connectivity index (χ2v) is 4.72. The average molecular weight is 256 g/mol. The zero-order valence-electron chi connectivity index (χ0n) is 10.5. The van der Waals surface area contributed by atoms with Crippen molar-refractivity contribution in [1.29, 1.82) is 0 Å². The van der Waals surface area contributed by atoms with Gasteiger partial charge in [-0.3, -0.25) is 5.10 Å². The van der Waals surface area contributed by atoms with Crippen LogP contribution in [0.25, 0.3) is 0 Å². The van der Waals surface area contributed by atoms with Crippen molar-refractivity contribution in [3.05, 3.63) is 47.8 Å². The largest absolute Gasteiger partial charge is 0.330 e. The van der Waals surface area contributed by atoms with E-state index in [0.29, 0.717) is 0 Å². The highest BCUT2D eigenvalue weighted by atomic mass is 16.2. The van der Waals surface area contributed by atoms with Crippen molar-refractivity contribution in [2.45, 2.75) is 25.3 Å². The molecule has 0 saturated heterocycles. The lowest BCUT2D eigenvalue weighted by Gasteiger charge is -2.23. The topological polar surface area (TPSA) is 69.8 Å². The average Bonchev–Trinajstić information content (AvgIpc) is 2.89. The van der Waals surface area contributed by atoms with E-state index < -0.39 is 0 Å². The Morgan fingerprint density at radius 3 is 3.00 bits per heavy atom. The summed E-state index contributed by atoms with van der Waals surface area (Å²) in [6, 6.07) is 9.27. The van der Waals surface area contributed by atoms with Gasteiger partial charge in [-0.15, -0.1) is 0 Å². The van der Waals surface area contributed by atoms with Gasteiger partial charge in [0.25, 0.3) is 0 Å². The quantitative estimate of drug-likeness (QED) is 0.773. The van der Waals surface area contributed by atoms with E-state index in [4.69, 9.17) is 0 Å². The molecule has 1 aliphatic carbocycles. The molecule has 1 heterocycles. The van der Waals surface area contributed by atoms with Crippen LogP contribution in [0.5, 0.6) is 0 Å². The lowest BCUT2D eigenvalue weighted by atomic mass is 9.94. The van der Waals surface area contributed by atoms with E-state index in [1.54, 1.807) is 0 Å². The van der Waals surface area contributed by atoms with Crippen molar-refractivity contribution in [2.75, 3.05) is 5.32 Å². The molecule has 2 aromatic rings. The Morgan fingerprint density at radius 2 is 2.16 bits per heavy atom. The van der Waals surface area contributed by atoms with Crippen LogP contribution >= 0.6 is 0 Å². The highest BCUT2D eigenvalue weighted by molar-refractivity contribution is 5.89. The molecule has 1 aromatic heterocycles. The number of carbonyl (C=O) groups is 1. The highest BCUT2D eigenvalue weighted by Gasteiger charge is 2.23. The van der Waals surface area contributed by atoms with Crippen molar-refractivity contribution in [1.82, 2.24) is 15.5 Å². The smallest absolute Gasteiger partial charge is 0.319 e. The van der Waals surface area contributed by atoms with Crippen LogP contribution < -0.4 is 10.6 Å². The predicted molar refractivity (Wildman–Crippen MR) is 72.9 cm³/mol. The van der Waals surface area contributed by atoms with Gasteiger partial charge in [-0.25, -0.2) is 4.79 Å². The second kappa shape index (κ2) is 5.14. The number of urea groups is 1. The zero-order valence-corrected chi connectivity index (χ0v) is 10.5. The first-order valence-electron chi connectivity index (χ1n) is 6.47. The number of para-hydroxylation sites is 1. The molecule has 0 radical (unpaired) electrons. The van der Waals surface area contributed by atoms with E-state index in [1.165, 1.54) is 5.56 Å². The number of rotatable bonds is 2. The number of nitrogens with zero attached hydrogens (tertiary/aromatic N) is 1. The van der Waals surface area contributed by atoms with Crippen molar-refractivity contribution in [3.8, 4) is 0 Å². The van der Waals surface area contributed by atoms with Gasteiger partial charge in [0.15, 0.2) is 0 Å². The summed E-state index contributed by atoms with van der Waals surface area (Å²) in [5, 5.41) is 12.8. The Labute approximate surface area is 111 Å². The Balaban J connectivity index is 1.65. The molecule has 0 saturated carbocycles. The summed E-state index contributed by atoms with van der Waals surface area (Å²) in [5.41, 5.74) is 3.03. The predicted octanol–water partition coefficient (Wildman–Crippen LogP) is 2.61. The van der Waals surface area contributed by atoms with Crippen LogP contribution in [0.3, 0.4) is 0 Å². The first kappa shape index (κ1) is 11.8. The maximum atomic E-state index is 12.0. The molecule has 98 valence electrons. The Kier molecular flexibility index (Phi) is 3.18. The third-order valence-corrected chi connectivity index (χ3v) is 3.38. The normalized spacial score (nSPS) is 17.6. The van der Waals surface area contributed by atoms with Crippen LogP contribution in [0.1, 0.15) is 30.1 Å². The molecule has 5 nitrogen and oxygen atoms in total. The lowest BCUT2D eigenvalue weighted by Crippen LogP contribution is -2.34. The molecule has 1 atom stereocenters. The number of hydrogen-bond donors (Lipinski definition) is 3. The van der Waals surface area contributed by atoms with Crippen LogP contribution in [-0.4, -0.2) is 16.2 Å². The number of H-pyrrole nitrogens is 1. The number of hydrogen-bond acceptors (Lipinski definition) is 2. The fraction of sp³-hybridized carbons (Fsp3) is 0.286. The second-order valence-electron chi connectivity index (χ2n) is 4.72. The number of benzene rings is 1.